The first-order chi connectivity index (χ1) is 15.1. The number of hydrogen-bond donors (Lipinski definition) is 1. The summed E-state index contributed by atoms with van der Waals surface area (Å²) in [5.74, 6) is 2.06. The SMILES string of the molecule is CC.Cc1ccc2[nH]c(COc3cccc(OCC4CCOCC4)c3)c(C)c(=O)c2c1. The molecular formula is C26H33NO4. The summed E-state index contributed by atoms with van der Waals surface area (Å²) in [6.45, 7) is 10.5. The molecule has 0 aliphatic carbocycles. The maximum atomic E-state index is 12.7. The highest BCUT2D eigenvalue weighted by atomic mass is 16.5. The summed E-state index contributed by atoms with van der Waals surface area (Å²) in [5, 5.41) is 0.717. The lowest BCUT2D eigenvalue weighted by Gasteiger charge is -2.22. The van der Waals surface area contributed by atoms with Crippen molar-refractivity contribution < 1.29 is 14.2 Å². The van der Waals surface area contributed by atoms with Gasteiger partial charge in [0.05, 0.1) is 12.3 Å². The lowest BCUT2D eigenvalue weighted by molar-refractivity contribution is 0.0497. The van der Waals surface area contributed by atoms with Crippen LogP contribution in [0.3, 0.4) is 0 Å². The van der Waals surface area contributed by atoms with Crippen molar-refractivity contribution in [1.29, 1.82) is 0 Å². The van der Waals surface area contributed by atoms with Gasteiger partial charge in [-0.05, 0) is 56.9 Å². The third kappa shape index (κ3) is 5.88. The molecule has 1 saturated heterocycles. The molecule has 2 heterocycles. The van der Waals surface area contributed by atoms with E-state index in [-0.39, 0.29) is 5.43 Å². The highest BCUT2D eigenvalue weighted by Crippen LogP contribution is 2.23. The van der Waals surface area contributed by atoms with E-state index in [1.165, 1.54) is 0 Å². The minimum Gasteiger partial charge on any atom is -0.493 e. The third-order valence-electron chi connectivity index (χ3n) is 5.51. The molecule has 4 rings (SSSR count). The van der Waals surface area contributed by atoms with Crippen LogP contribution in [0, 0.1) is 19.8 Å². The van der Waals surface area contributed by atoms with Gasteiger partial charge in [0.2, 0.25) is 0 Å². The van der Waals surface area contributed by atoms with E-state index in [2.05, 4.69) is 4.98 Å². The number of fused-ring (bicyclic) bond motifs is 1. The van der Waals surface area contributed by atoms with Crippen molar-refractivity contribution in [1.82, 2.24) is 4.98 Å². The normalized spacial score (nSPS) is 14.1. The van der Waals surface area contributed by atoms with Gasteiger partial charge in [0.15, 0.2) is 5.43 Å². The zero-order valence-electron chi connectivity index (χ0n) is 19.0. The average Bonchev–Trinajstić information content (AvgIpc) is 2.82. The van der Waals surface area contributed by atoms with Crippen molar-refractivity contribution in [3.63, 3.8) is 0 Å². The molecular weight excluding hydrogens is 390 g/mol. The van der Waals surface area contributed by atoms with Crippen LogP contribution < -0.4 is 14.9 Å². The number of rotatable bonds is 6. The van der Waals surface area contributed by atoms with Gasteiger partial charge in [0, 0.05) is 35.7 Å². The predicted molar refractivity (Wildman–Crippen MR) is 125 cm³/mol. The van der Waals surface area contributed by atoms with Gasteiger partial charge in [-0.1, -0.05) is 31.5 Å². The standard InChI is InChI=1S/C24H27NO4.C2H6/c1-16-6-7-22-21(12-16)24(26)17(2)23(25-22)15-29-20-5-3-4-19(13-20)28-14-18-8-10-27-11-9-18;1-2/h3-7,12-13,18H,8-11,14-15H2,1-2H3,(H,25,26);1-2H3. The number of hydrogen-bond acceptors (Lipinski definition) is 4. The highest BCUT2D eigenvalue weighted by Gasteiger charge is 2.14. The number of aromatic amines is 1. The Morgan fingerprint density at radius 2 is 1.71 bits per heavy atom. The van der Waals surface area contributed by atoms with Gasteiger partial charge in [-0.3, -0.25) is 4.79 Å². The molecule has 0 bridgehead atoms. The second kappa shape index (κ2) is 11.0. The van der Waals surface area contributed by atoms with E-state index >= 15 is 0 Å². The van der Waals surface area contributed by atoms with Crippen molar-refractivity contribution in [3.05, 3.63) is 69.5 Å². The van der Waals surface area contributed by atoms with Gasteiger partial charge in [-0.25, -0.2) is 0 Å². The molecule has 0 saturated carbocycles. The quantitative estimate of drug-likeness (QED) is 0.564. The van der Waals surface area contributed by atoms with Gasteiger partial charge in [-0.15, -0.1) is 0 Å². The van der Waals surface area contributed by atoms with Crippen molar-refractivity contribution in [2.75, 3.05) is 19.8 Å². The summed E-state index contributed by atoms with van der Waals surface area (Å²) in [4.78, 5) is 16.0. The maximum absolute atomic E-state index is 12.7. The Balaban J connectivity index is 0.00000132. The zero-order chi connectivity index (χ0) is 22.2. The fourth-order valence-corrected chi connectivity index (χ4v) is 3.63. The van der Waals surface area contributed by atoms with Crippen LogP contribution in [0.25, 0.3) is 10.9 Å². The summed E-state index contributed by atoms with van der Waals surface area (Å²) in [6, 6.07) is 13.5. The molecule has 0 unspecified atom stereocenters. The lowest BCUT2D eigenvalue weighted by Crippen LogP contribution is -2.21. The Morgan fingerprint density at radius 3 is 2.45 bits per heavy atom. The monoisotopic (exact) mass is 423 g/mol. The average molecular weight is 424 g/mol. The molecule has 1 aromatic heterocycles. The molecule has 166 valence electrons. The fourth-order valence-electron chi connectivity index (χ4n) is 3.63. The van der Waals surface area contributed by atoms with E-state index < -0.39 is 0 Å². The van der Waals surface area contributed by atoms with Crippen LogP contribution in [0.5, 0.6) is 11.5 Å². The Hall–Kier alpha value is -2.79. The second-order valence-corrected chi connectivity index (χ2v) is 7.74. The number of nitrogens with one attached hydrogen (secondary N) is 1. The van der Waals surface area contributed by atoms with Crippen molar-refractivity contribution in [2.45, 2.75) is 47.1 Å². The molecule has 0 radical (unpaired) electrons. The summed E-state index contributed by atoms with van der Waals surface area (Å²) in [5.41, 5.74) is 3.44. The Kier molecular flexibility index (Phi) is 8.13. The molecule has 1 aliphatic heterocycles. The Labute approximate surface area is 184 Å². The zero-order valence-corrected chi connectivity index (χ0v) is 19.0. The highest BCUT2D eigenvalue weighted by molar-refractivity contribution is 5.80. The molecule has 0 atom stereocenters. The van der Waals surface area contributed by atoms with Gasteiger partial charge in [0.25, 0.3) is 0 Å². The molecule has 1 N–H and O–H groups in total. The van der Waals surface area contributed by atoms with Crippen molar-refractivity contribution in [3.8, 4) is 11.5 Å². The largest absolute Gasteiger partial charge is 0.493 e. The number of aromatic nitrogens is 1. The third-order valence-corrected chi connectivity index (χ3v) is 5.51. The van der Waals surface area contributed by atoms with Crippen LogP contribution >= 0.6 is 0 Å². The first-order valence-electron chi connectivity index (χ1n) is 11.2. The van der Waals surface area contributed by atoms with E-state index in [4.69, 9.17) is 14.2 Å². The second-order valence-electron chi connectivity index (χ2n) is 7.74. The Bertz CT molecular complexity index is 1050. The van der Waals surface area contributed by atoms with Crippen LogP contribution in [-0.2, 0) is 11.3 Å². The molecule has 3 aromatic rings. The minimum atomic E-state index is 0.0506. The minimum absolute atomic E-state index is 0.0506. The van der Waals surface area contributed by atoms with Gasteiger partial charge in [0.1, 0.15) is 18.1 Å². The number of benzene rings is 2. The first-order valence-corrected chi connectivity index (χ1v) is 11.2. The Morgan fingerprint density at radius 1 is 1.00 bits per heavy atom. The molecule has 2 aromatic carbocycles. The fraction of sp³-hybridized carbons (Fsp3) is 0.423. The van der Waals surface area contributed by atoms with E-state index in [1.54, 1.807) is 0 Å². The first kappa shape index (κ1) is 22.9. The van der Waals surface area contributed by atoms with E-state index in [0.717, 1.165) is 59.7 Å². The van der Waals surface area contributed by atoms with Crippen molar-refractivity contribution in [2.24, 2.45) is 5.92 Å². The van der Waals surface area contributed by atoms with E-state index in [0.29, 0.717) is 24.7 Å². The molecule has 31 heavy (non-hydrogen) atoms. The van der Waals surface area contributed by atoms with Gasteiger partial charge < -0.3 is 19.2 Å². The maximum Gasteiger partial charge on any atom is 0.192 e. The molecule has 0 amide bonds. The summed E-state index contributed by atoms with van der Waals surface area (Å²) >= 11 is 0. The summed E-state index contributed by atoms with van der Waals surface area (Å²) in [6.07, 6.45) is 2.09. The molecule has 1 aliphatic rings. The van der Waals surface area contributed by atoms with E-state index in [1.807, 2.05) is 70.2 Å². The molecule has 5 nitrogen and oxygen atoms in total. The van der Waals surface area contributed by atoms with Crippen molar-refractivity contribution >= 4 is 10.9 Å². The summed E-state index contributed by atoms with van der Waals surface area (Å²) < 4.78 is 17.3. The van der Waals surface area contributed by atoms with Crippen LogP contribution in [0.2, 0.25) is 0 Å². The number of pyridine rings is 1. The topological polar surface area (TPSA) is 60.6 Å². The number of aryl methyl sites for hydroxylation is 1. The molecule has 0 spiro atoms. The van der Waals surface area contributed by atoms with Crippen LogP contribution in [0.4, 0.5) is 0 Å². The van der Waals surface area contributed by atoms with Gasteiger partial charge >= 0.3 is 0 Å². The molecule has 5 heteroatoms. The van der Waals surface area contributed by atoms with Crippen LogP contribution in [0.1, 0.15) is 43.5 Å². The van der Waals surface area contributed by atoms with Crippen LogP contribution in [0.15, 0.2) is 47.3 Å². The summed E-state index contributed by atoms with van der Waals surface area (Å²) in [7, 11) is 0. The van der Waals surface area contributed by atoms with Gasteiger partial charge in [-0.2, -0.15) is 0 Å². The predicted octanol–water partition coefficient (Wildman–Crippen LogP) is 5.56. The molecule has 1 fully saturated rings. The smallest absolute Gasteiger partial charge is 0.192 e. The van der Waals surface area contributed by atoms with E-state index in [9.17, 15) is 4.79 Å². The van der Waals surface area contributed by atoms with Crippen LogP contribution in [-0.4, -0.2) is 24.8 Å². The lowest BCUT2D eigenvalue weighted by atomic mass is 10.0. The number of H-pyrrole nitrogens is 1. The number of ether oxygens (including phenoxy) is 3.